The number of nitrogens with two attached hydrogens (primary N) is 1. The number of nitrogen functional groups attached to an aromatic ring is 1. The van der Waals surface area contributed by atoms with Gasteiger partial charge in [-0.15, -0.1) is 0 Å². The number of likely N-dealkylation sites (N-methyl/N-ethyl adjacent to an activating group) is 1. The lowest BCUT2D eigenvalue weighted by atomic mass is 10.4. The van der Waals surface area contributed by atoms with E-state index in [2.05, 4.69) is 15.3 Å². The van der Waals surface area contributed by atoms with Crippen LogP contribution in [0.2, 0.25) is 0 Å². The second kappa shape index (κ2) is 8.36. The average Bonchev–Trinajstić information content (AvgIpc) is 2.43. The molecule has 20 heavy (non-hydrogen) atoms. The number of carbonyl (C=O) groups excluding carboxylic acids is 2. The minimum Gasteiger partial charge on any atom is -0.381 e. The first kappa shape index (κ1) is 16.2. The first-order chi connectivity index (χ1) is 9.54. The highest BCUT2D eigenvalue weighted by molar-refractivity contribution is 8.00. The molecule has 0 unspecified atom stereocenters. The summed E-state index contributed by atoms with van der Waals surface area (Å²) in [5.74, 6) is 0.146. The van der Waals surface area contributed by atoms with Crippen molar-refractivity contribution < 1.29 is 9.59 Å². The largest absolute Gasteiger partial charge is 0.381 e. The molecule has 1 rings (SSSR count). The Labute approximate surface area is 122 Å². The van der Waals surface area contributed by atoms with Crippen LogP contribution in [0, 0.1) is 0 Å². The number of amides is 2. The molecule has 0 bridgehead atoms. The zero-order valence-electron chi connectivity index (χ0n) is 11.6. The predicted molar refractivity (Wildman–Crippen MR) is 78.1 cm³/mol. The molecule has 0 spiro atoms. The number of nitrogens with zero attached hydrogens (tertiary/aromatic N) is 3. The predicted octanol–water partition coefficient (Wildman–Crippen LogP) is 0.136. The van der Waals surface area contributed by atoms with E-state index in [1.807, 2.05) is 6.92 Å². The van der Waals surface area contributed by atoms with Crippen molar-refractivity contribution in [2.45, 2.75) is 18.4 Å². The number of carbonyl (C=O) groups is 2. The van der Waals surface area contributed by atoms with Crippen LogP contribution < -0.4 is 11.1 Å². The van der Waals surface area contributed by atoms with E-state index < -0.39 is 0 Å². The van der Waals surface area contributed by atoms with Gasteiger partial charge < -0.3 is 16.0 Å². The molecule has 0 atom stereocenters. The number of anilines is 1. The molecule has 2 amide bonds. The fourth-order valence-electron chi connectivity index (χ4n) is 1.31. The van der Waals surface area contributed by atoms with Crippen LogP contribution in [0.1, 0.15) is 13.3 Å². The molecule has 0 aliphatic rings. The van der Waals surface area contributed by atoms with E-state index in [0.717, 1.165) is 6.42 Å². The SMILES string of the molecule is CCCNC(=O)CN(C)C(=O)CSc1nccnc1N. The van der Waals surface area contributed by atoms with Gasteiger partial charge in [0.1, 0.15) is 5.03 Å². The number of aromatic nitrogens is 2. The van der Waals surface area contributed by atoms with Crippen LogP contribution >= 0.6 is 11.8 Å². The van der Waals surface area contributed by atoms with E-state index >= 15 is 0 Å². The molecule has 0 saturated carbocycles. The van der Waals surface area contributed by atoms with Crippen LogP contribution in [0.3, 0.4) is 0 Å². The lowest BCUT2D eigenvalue weighted by Crippen LogP contribution is -2.39. The van der Waals surface area contributed by atoms with Crippen molar-refractivity contribution in [2.75, 3.05) is 31.6 Å². The van der Waals surface area contributed by atoms with Crippen LogP contribution in [0.15, 0.2) is 17.4 Å². The van der Waals surface area contributed by atoms with Crippen LogP contribution in [-0.2, 0) is 9.59 Å². The summed E-state index contributed by atoms with van der Waals surface area (Å²) in [6.07, 6.45) is 3.88. The van der Waals surface area contributed by atoms with Crippen molar-refractivity contribution in [3.63, 3.8) is 0 Å². The van der Waals surface area contributed by atoms with E-state index in [1.54, 1.807) is 7.05 Å². The highest BCUT2D eigenvalue weighted by atomic mass is 32.2. The third-order valence-electron chi connectivity index (χ3n) is 2.40. The summed E-state index contributed by atoms with van der Waals surface area (Å²) in [6.45, 7) is 2.64. The summed E-state index contributed by atoms with van der Waals surface area (Å²) in [5.41, 5.74) is 5.64. The van der Waals surface area contributed by atoms with Gasteiger partial charge in [-0.25, -0.2) is 9.97 Å². The molecule has 3 N–H and O–H groups in total. The Morgan fingerprint density at radius 3 is 2.75 bits per heavy atom. The Balaban J connectivity index is 2.39. The molecular formula is C12H19N5O2S. The Hall–Kier alpha value is -1.83. The van der Waals surface area contributed by atoms with Gasteiger partial charge in [0.15, 0.2) is 5.82 Å². The summed E-state index contributed by atoms with van der Waals surface area (Å²) in [4.78, 5) is 32.7. The standard InChI is InChI=1S/C12H19N5O2S/c1-3-4-14-9(18)7-17(2)10(19)8-20-12-11(13)15-5-6-16-12/h5-6H,3-4,7-8H2,1-2H3,(H2,13,15)(H,14,18). The maximum Gasteiger partial charge on any atom is 0.239 e. The topological polar surface area (TPSA) is 101 Å². The molecule has 1 aromatic heterocycles. The second-order valence-corrected chi connectivity index (χ2v) is 5.10. The number of thioether (sulfide) groups is 1. The van der Waals surface area contributed by atoms with Crippen molar-refractivity contribution in [3.05, 3.63) is 12.4 Å². The lowest BCUT2D eigenvalue weighted by molar-refractivity contribution is -0.132. The average molecular weight is 297 g/mol. The number of nitrogens with one attached hydrogen (secondary N) is 1. The molecular weight excluding hydrogens is 278 g/mol. The minimum atomic E-state index is -0.160. The first-order valence-electron chi connectivity index (χ1n) is 6.24. The van der Waals surface area contributed by atoms with Crippen LogP contribution in [0.25, 0.3) is 0 Å². The van der Waals surface area contributed by atoms with Gasteiger partial charge in [-0.2, -0.15) is 0 Å². The van der Waals surface area contributed by atoms with E-state index in [4.69, 9.17) is 5.73 Å². The Morgan fingerprint density at radius 2 is 2.10 bits per heavy atom. The van der Waals surface area contributed by atoms with E-state index in [9.17, 15) is 9.59 Å². The zero-order valence-corrected chi connectivity index (χ0v) is 12.4. The Kier molecular flexibility index (Phi) is 6.78. The maximum absolute atomic E-state index is 11.9. The zero-order chi connectivity index (χ0) is 15.0. The third-order valence-corrected chi connectivity index (χ3v) is 3.38. The van der Waals surface area contributed by atoms with Crippen LogP contribution in [-0.4, -0.2) is 52.6 Å². The van der Waals surface area contributed by atoms with Crippen molar-refractivity contribution in [1.82, 2.24) is 20.2 Å². The third kappa shape index (κ3) is 5.43. The maximum atomic E-state index is 11.9. The van der Waals surface area contributed by atoms with E-state index in [-0.39, 0.29) is 24.1 Å². The van der Waals surface area contributed by atoms with Gasteiger partial charge in [0.25, 0.3) is 0 Å². The Bertz CT molecular complexity index is 469. The second-order valence-electron chi connectivity index (χ2n) is 4.14. The van der Waals surface area contributed by atoms with Gasteiger partial charge in [0.2, 0.25) is 11.8 Å². The molecule has 0 fully saturated rings. The van der Waals surface area contributed by atoms with Crippen molar-refractivity contribution in [2.24, 2.45) is 0 Å². The normalized spacial score (nSPS) is 10.1. The molecule has 7 nitrogen and oxygen atoms in total. The quantitative estimate of drug-likeness (QED) is 0.694. The highest BCUT2D eigenvalue weighted by Crippen LogP contribution is 2.19. The molecule has 0 radical (unpaired) electrons. The molecule has 110 valence electrons. The van der Waals surface area contributed by atoms with Crippen molar-refractivity contribution in [1.29, 1.82) is 0 Å². The van der Waals surface area contributed by atoms with Crippen molar-refractivity contribution in [3.8, 4) is 0 Å². The summed E-state index contributed by atoms with van der Waals surface area (Å²) in [6, 6.07) is 0. The van der Waals surface area contributed by atoms with Gasteiger partial charge in [0, 0.05) is 26.0 Å². The lowest BCUT2D eigenvalue weighted by Gasteiger charge is -2.16. The summed E-state index contributed by atoms with van der Waals surface area (Å²) < 4.78 is 0. The molecule has 0 aliphatic heterocycles. The van der Waals surface area contributed by atoms with Gasteiger partial charge in [-0.3, -0.25) is 9.59 Å². The molecule has 0 saturated heterocycles. The number of rotatable bonds is 7. The molecule has 1 aromatic rings. The summed E-state index contributed by atoms with van der Waals surface area (Å²) in [7, 11) is 1.59. The fraction of sp³-hybridized carbons (Fsp3) is 0.500. The molecule has 0 aromatic carbocycles. The van der Waals surface area contributed by atoms with Gasteiger partial charge >= 0.3 is 0 Å². The van der Waals surface area contributed by atoms with E-state index in [1.165, 1.54) is 29.1 Å². The summed E-state index contributed by atoms with van der Waals surface area (Å²) >= 11 is 1.21. The van der Waals surface area contributed by atoms with Gasteiger partial charge in [-0.05, 0) is 6.42 Å². The molecule has 8 heteroatoms. The number of hydrogen-bond donors (Lipinski definition) is 2. The smallest absolute Gasteiger partial charge is 0.239 e. The first-order valence-corrected chi connectivity index (χ1v) is 7.23. The van der Waals surface area contributed by atoms with Gasteiger partial charge in [0.05, 0.1) is 12.3 Å². The van der Waals surface area contributed by atoms with Crippen molar-refractivity contribution >= 4 is 29.4 Å². The molecule has 1 heterocycles. The molecule has 0 aliphatic carbocycles. The van der Waals surface area contributed by atoms with E-state index in [0.29, 0.717) is 17.4 Å². The van der Waals surface area contributed by atoms with Crippen LogP contribution in [0.4, 0.5) is 5.82 Å². The van der Waals surface area contributed by atoms with Gasteiger partial charge in [-0.1, -0.05) is 18.7 Å². The monoisotopic (exact) mass is 297 g/mol. The summed E-state index contributed by atoms with van der Waals surface area (Å²) in [5, 5.41) is 3.24. The van der Waals surface area contributed by atoms with Crippen LogP contribution in [0.5, 0.6) is 0 Å². The number of hydrogen-bond acceptors (Lipinski definition) is 6. The fourth-order valence-corrected chi connectivity index (χ4v) is 2.13. The highest BCUT2D eigenvalue weighted by Gasteiger charge is 2.14. The Morgan fingerprint density at radius 1 is 1.40 bits per heavy atom. The minimum absolute atomic E-state index is 0.0509.